The lowest BCUT2D eigenvalue weighted by molar-refractivity contribution is 0.00567. The quantitative estimate of drug-likeness (QED) is 0.234. The molecule has 0 bridgehead atoms. The minimum atomic E-state index is -0.228. The van der Waals surface area contributed by atoms with E-state index in [1.807, 2.05) is 0 Å². The Labute approximate surface area is 182 Å². The predicted octanol–water partition coefficient (Wildman–Crippen LogP) is 3.03. The molecule has 0 amide bonds. The molecule has 0 radical (unpaired) electrons. The number of rotatable bonds is 8. The lowest BCUT2D eigenvalue weighted by Crippen LogP contribution is -2.48. The third-order valence-electron chi connectivity index (χ3n) is 5.79. The van der Waals surface area contributed by atoms with Crippen molar-refractivity contribution in [1.82, 2.24) is 10.2 Å². The number of aliphatic hydroxyl groups is 1. The molecule has 1 saturated carbocycles. The number of aliphatic hydroxyl groups excluding tert-OH is 1. The van der Waals surface area contributed by atoms with Crippen LogP contribution in [0.4, 0.5) is 0 Å². The van der Waals surface area contributed by atoms with Gasteiger partial charge in [0.2, 0.25) is 0 Å². The van der Waals surface area contributed by atoms with Crippen molar-refractivity contribution in [2.24, 2.45) is 10.4 Å². The number of nitrogens with one attached hydrogen (secondary N) is 1. The van der Waals surface area contributed by atoms with Crippen LogP contribution in [-0.4, -0.2) is 74.7 Å². The molecule has 2 rings (SSSR count). The van der Waals surface area contributed by atoms with Crippen molar-refractivity contribution in [3.63, 3.8) is 0 Å². The summed E-state index contributed by atoms with van der Waals surface area (Å²) in [5.41, 5.74) is -0.0816. The first-order valence-corrected chi connectivity index (χ1v) is 10.4. The summed E-state index contributed by atoms with van der Waals surface area (Å²) in [7, 11) is 1.73. The van der Waals surface area contributed by atoms with E-state index in [0.717, 1.165) is 77.3 Å². The summed E-state index contributed by atoms with van der Waals surface area (Å²) in [5, 5.41) is 13.8. The van der Waals surface area contributed by atoms with E-state index in [4.69, 9.17) is 14.5 Å². The number of hydrogen-bond donors (Lipinski definition) is 2. The summed E-state index contributed by atoms with van der Waals surface area (Å²) in [4.78, 5) is 7.25. The van der Waals surface area contributed by atoms with Crippen LogP contribution in [0.5, 0.6) is 0 Å². The number of halogens is 1. The Hall–Kier alpha value is -0.120. The Morgan fingerprint density at radius 1 is 1.22 bits per heavy atom. The number of aliphatic imine (C=N–C) groups is 1. The van der Waals surface area contributed by atoms with Gasteiger partial charge in [0.15, 0.2) is 5.96 Å². The summed E-state index contributed by atoms with van der Waals surface area (Å²) >= 11 is 0. The number of likely N-dealkylation sites (tertiary alicyclic amines) is 1. The fourth-order valence-corrected chi connectivity index (χ4v) is 3.93. The number of methoxy groups -OCH3 is 1. The van der Waals surface area contributed by atoms with E-state index in [-0.39, 0.29) is 35.5 Å². The normalized spacial score (nSPS) is 27.3. The lowest BCUT2D eigenvalue weighted by Gasteiger charge is -2.38. The van der Waals surface area contributed by atoms with Gasteiger partial charge in [-0.15, -0.1) is 24.0 Å². The van der Waals surface area contributed by atoms with Gasteiger partial charge in [-0.25, -0.2) is 0 Å². The minimum Gasteiger partial charge on any atom is -0.392 e. The number of hydrogen-bond acceptors (Lipinski definition) is 4. The Kier molecular flexibility index (Phi) is 12.2. The Morgan fingerprint density at radius 3 is 2.59 bits per heavy atom. The van der Waals surface area contributed by atoms with Gasteiger partial charge >= 0.3 is 0 Å². The minimum absolute atomic E-state index is 0. The van der Waals surface area contributed by atoms with Gasteiger partial charge in [-0.1, -0.05) is 19.8 Å². The highest BCUT2D eigenvalue weighted by molar-refractivity contribution is 14.0. The van der Waals surface area contributed by atoms with E-state index < -0.39 is 0 Å². The fourth-order valence-electron chi connectivity index (χ4n) is 3.93. The first-order valence-electron chi connectivity index (χ1n) is 10.4. The molecule has 0 aromatic carbocycles. The van der Waals surface area contributed by atoms with Gasteiger partial charge in [-0.05, 0) is 39.0 Å². The highest BCUT2D eigenvalue weighted by Gasteiger charge is 2.35. The molecule has 1 aliphatic heterocycles. The van der Waals surface area contributed by atoms with Crippen LogP contribution in [-0.2, 0) is 9.47 Å². The Bertz CT molecular complexity index is 431. The van der Waals surface area contributed by atoms with Gasteiger partial charge in [-0.3, -0.25) is 4.99 Å². The van der Waals surface area contributed by atoms with Crippen molar-refractivity contribution >= 4 is 29.9 Å². The molecule has 1 saturated heterocycles. The monoisotopic (exact) mass is 497 g/mol. The van der Waals surface area contributed by atoms with E-state index in [0.29, 0.717) is 12.6 Å². The number of nitrogens with zero attached hydrogens (tertiary/aromatic N) is 2. The van der Waals surface area contributed by atoms with Crippen molar-refractivity contribution in [1.29, 1.82) is 0 Å². The molecule has 0 spiro atoms. The highest BCUT2D eigenvalue weighted by Crippen LogP contribution is 2.36. The fraction of sp³-hybridized carbons (Fsp3) is 0.950. The van der Waals surface area contributed by atoms with Crippen LogP contribution >= 0.6 is 24.0 Å². The predicted molar refractivity (Wildman–Crippen MR) is 121 cm³/mol. The lowest BCUT2D eigenvalue weighted by atomic mass is 9.73. The van der Waals surface area contributed by atoms with Gasteiger partial charge in [0, 0.05) is 45.4 Å². The number of ether oxygens (including phenoxy) is 2. The zero-order chi connectivity index (χ0) is 18.8. The van der Waals surface area contributed by atoms with Crippen LogP contribution in [0.25, 0.3) is 0 Å². The zero-order valence-electron chi connectivity index (χ0n) is 17.4. The van der Waals surface area contributed by atoms with Crippen LogP contribution in [0.3, 0.4) is 0 Å². The number of guanidine groups is 1. The molecule has 7 heteroatoms. The first-order chi connectivity index (χ1) is 12.6. The van der Waals surface area contributed by atoms with Crippen molar-refractivity contribution in [3.05, 3.63) is 0 Å². The van der Waals surface area contributed by atoms with E-state index in [1.165, 1.54) is 6.42 Å². The number of piperidine rings is 1. The third kappa shape index (κ3) is 8.03. The van der Waals surface area contributed by atoms with E-state index >= 15 is 0 Å². The molecule has 2 atom stereocenters. The largest absolute Gasteiger partial charge is 0.392 e. The van der Waals surface area contributed by atoms with E-state index in [1.54, 1.807) is 7.11 Å². The molecule has 1 aliphatic carbocycles. The molecule has 6 nitrogen and oxygen atoms in total. The van der Waals surface area contributed by atoms with Crippen molar-refractivity contribution in [2.75, 3.05) is 46.5 Å². The molecule has 2 aliphatic rings. The topological polar surface area (TPSA) is 66.3 Å². The summed E-state index contributed by atoms with van der Waals surface area (Å²) in [6.45, 7) is 9.35. The van der Waals surface area contributed by atoms with Crippen molar-refractivity contribution in [3.8, 4) is 0 Å². The first kappa shape index (κ1) is 24.9. The van der Waals surface area contributed by atoms with Gasteiger partial charge in [0.05, 0.1) is 18.8 Å². The molecule has 0 aromatic heterocycles. The van der Waals surface area contributed by atoms with Gasteiger partial charge < -0.3 is 24.8 Å². The van der Waals surface area contributed by atoms with Gasteiger partial charge in [0.25, 0.3) is 0 Å². The SMILES string of the molecule is CCNC(=NCC1(C)CCCCC1O)N1CCC(OCCCOC)CC1.I. The maximum absolute atomic E-state index is 10.4. The smallest absolute Gasteiger partial charge is 0.193 e. The van der Waals surface area contributed by atoms with E-state index in [9.17, 15) is 5.11 Å². The maximum atomic E-state index is 10.4. The van der Waals surface area contributed by atoms with Crippen LogP contribution in [0.1, 0.15) is 58.8 Å². The molecule has 0 aromatic rings. The van der Waals surface area contributed by atoms with Crippen molar-refractivity contribution < 1.29 is 14.6 Å². The zero-order valence-corrected chi connectivity index (χ0v) is 19.7. The summed E-state index contributed by atoms with van der Waals surface area (Å²) in [5.74, 6) is 0.990. The summed E-state index contributed by atoms with van der Waals surface area (Å²) < 4.78 is 11.0. The van der Waals surface area contributed by atoms with Crippen molar-refractivity contribution in [2.45, 2.75) is 71.0 Å². The third-order valence-corrected chi connectivity index (χ3v) is 5.79. The molecule has 2 fully saturated rings. The second-order valence-corrected chi connectivity index (χ2v) is 7.99. The molecular weight excluding hydrogens is 457 g/mol. The maximum Gasteiger partial charge on any atom is 0.193 e. The average Bonchev–Trinajstić information content (AvgIpc) is 2.65. The molecule has 2 N–H and O–H groups in total. The van der Waals surface area contributed by atoms with Crippen LogP contribution in [0.2, 0.25) is 0 Å². The molecular formula is C20H40IN3O3. The Morgan fingerprint density at radius 2 is 1.96 bits per heavy atom. The second-order valence-electron chi connectivity index (χ2n) is 7.99. The molecule has 160 valence electrons. The highest BCUT2D eigenvalue weighted by atomic mass is 127. The van der Waals surface area contributed by atoms with E-state index in [2.05, 4.69) is 24.1 Å². The van der Waals surface area contributed by atoms with Crippen LogP contribution in [0, 0.1) is 5.41 Å². The molecule has 2 unspecified atom stereocenters. The van der Waals surface area contributed by atoms with Gasteiger partial charge in [-0.2, -0.15) is 0 Å². The van der Waals surface area contributed by atoms with Gasteiger partial charge in [0.1, 0.15) is 0 Å². The summed E-state index contributed by atoms with van der Waals surface area (Å²) in [6, 6.07) is 0. The standard InChI is InChI=1S/C20H39N3O3.HI/c1-4-21-19(22-16-20(2)11-6-5-8-18(20)24)23-12-9-17(10-13-23)26-15-7-14-25-3;/h17-18,24H,4-16H2,1-3H3,(H,21,22);1H. The van der Waals surface area contributed by atoms with Crippen LogP contribution in [0.15, 0.2) is 4.99 Å². The average molecular weight is 497 g/mol. The van der Waals surface area contributed by atoms with Crippen LogP contribution < -0.4 is 5.32 Å². The second kappa shape index (κ2) is 13.2. The molecule has 27 heavy (non-hydrogen) atoms. The molecule has 1 heterocycles. The summed E-state index contributed by atoms with van der Waals surface area (Å²) in [6.07, 6.45) is 7.47. The Balaban J connectivity index is 0.00000364.